The van der Waals surface area contributed by atoms with E-state index in [-0.39, 0.29) is 0 Å². The number of nitrogens with two attached hydrogens (primary N) is 1. The zero-order valence-corrected chi connectivity index (χ0v) is 19.3. The van der Waals surface area contributed by atoms with Crippen LogP contribution >= 0.6 is 45.2 Å². The highest BCUT2D eigenvalue weighted by Crippen LogP contribution is 2.29. The molecule has 1 aromatic carbocycles. The van der Waals surface area contributed by atoms with Gasteiger partial charge in [-0.1, -0.05) is 0 Å². The molecule has 0 heterocycles. The number of carbonyl (C=O) groups is 1. The molecule has 0 saturated heterocycles. The van der Waals surface area contributed by atoms with E-state index >= 15 is 0 Å². The van der Waals surface area contributed by atoms with Crippen molar-refractivity contribution in [3.8, 4) is 5.75 Å². The van der Waals surface area contributed by atoms with Crippen molar-refractivity contribution < 1.29 is 28.5 Å². The molecule has 2 N–H and O–H groups in total. The van der Waals surface area contributed by atoms with E-state index in [0.717, 1.165) is 18.5 Å². The van der Waals surface area contributed by atoms with Crippen molar-refractivity contribution in [3.05, 3.63) is 24.8 Å². The molecule has 0 amide bonds. The smallest absolute Gasteiger partial charge is 0.322 e. The van der Waals surface area contributed by atoms with Crippen LogP contribution in [0, 0.1) is 7.14 Å². The van der Waals surface area contributed by atoms with Gasteiger partial charge in [0.25, 0.3) is 0 Å². The lowest BCUT2D eigenvalue weighted by atomic mass is 10.1. The molecule has 0 saturated carbocycles. The largest absolute Gasteiger partial charge is 0.489 e. The van der Waals surface area contributed by atoms with Gasteiger partial charge in [-0.05, 0) is 69.3 Å². The molecule has 0 aliphatic heterocycles. The van der Waals surface area contributed by atoms with Crippen LogP contribution in [0.3, 0.4) is 0 Å². The minimum Gasteiger partial charge on any atom is -0.489 e. The highest BCUT2D eigenvalue weighted by atomic mass is 127. The second kappa shape index (κ2) is 13.9. The first-order valence-electron chi connectivity index (χ1n) is 8.08. The van der Waals surface area contributed by atoms with Crippen LogP contribution in [0.5, 0.6) is 5.75 Å². The van der Waals surface area contributed by atoms with E-state index in [4.69, 9.17) is 24.7 Å². The zero-order chi connectivity index (χ0) is 19.4. The van der Waals surface area contributed by atoms with Gasteiger partial charge in [-0.15, -0.1) is 0 Å². The van der Waals surface area contributed by atoms with Gasteiger partial charge >= 0.3 is 5.97 Å². The summed E-state index contributed by atoms with van der Waals surface area (Å²) in [5.41, 5.74) is 6.78. The Morgan fingerprint density at radius 3 is 2.08 bits per heavy atom. The molecule has 26 heavy (non-hydrogen) atoms. The normalized spacial score (nSPS) is 12.0. The first-order chi connectivity index (χ1) is 12.5. The molecule has 0 aromatic heterocycles. The number of hydrogen-bond acceptors (Lipinski definition) is 7. The van der Waals surface area contributed by atoms with Crippen molar-refractivity contribution in [2.45, 2.75) is 12.5 Å². The number of carbonyl (C=O) groups excluding carboxylic acids is 1. The maximum atomic E-state index is 11.4. The lowest BCUT2D eigenvalue weighted by Gasteiger charge is -2.14. The molecule has 1 unspecified atom stereocenters. The van der Waals surface area contributed by atoms with E-state index in [1.54, 1.807) is 7.11 Å². The minimum atomic E-state index is -0.669. The van der Waals surface area contributed by atoms with E-state index in [0.29, 0.717) is 46.1 Å². The average Bonchev–Trinajstić information content (AvgIpc) is 2.61. The molecule has 0 radical (unpaired) electrons. The summed E-state index contributed by atoms with van der Waals surface area (Å²) < 4.78 is 28.1. The monoisotopic (exact) mass is 593 g/mol. The fraction of sp³-hybridized carbons (Fsp3) is 0.588. The fourth-order valence-corrected chi connectivity index (χ4v) is 4.23. The Morgan fingerprint density at radius 2 is 1.54 bits per heavy atom. The van der Waals surface area contributed by atoms with Crippen LogP contribution in [0.4, 0.5) is 0 Å². The third kappa shape index (κ3) is 9.13. The van der Waals surface area contributed by atoms with Gasteiger partial charge < -0.3 is 29.4 Å². The van der Waals surface area contributed by atoms with Gasteiger partial charge in [0.05, 0.1) is 47.3 Å². The van der Waals surface area contributed by atoms with Crippen LogP contribution in [0.15, 0.2) is 12.1 Å². The van der Waals surface area contributed by atoms with Gasteiger partial charge in [0.2, 0.25) is 0 Å². The maximum Gasteiger partial charge on any atom is 0.322 e. The molecule has 0 aliphatic carbocycles. The van der Waals surface area contributed by atoms with Gasteiger partial charge in [-0.2, -0.15) is 0 Å². The number of ether oxygens (including phenoxy) is 5. The number of benzene rings is 1. The summed E-state index contributed by atoms with van der Waals surface area (Å²) in [7, 11) is 2.97. The molecular formula is C17H25I2NO6. The summed E-state index contributed by atoms with van der Waals surface area (Å²) in [6, 6.07) is 3.26. The molecule has 148 valence electrons. The molecule has 9 heteroatoms. The van der Waals surface area contributed by atoms with Crippen molar-refractivity contribution in [2.24, 2.45) is 5.73 Å². The molecule has 0 fully saturated rings. The van der Waals surface area contributed by atoms with Gasteiger partial charge in [-0.25, -0.2) is 0 Å². The van der Waals surface area contributed by atoms with E-state index in [9.17, 15) is 4.79 Å². The van der Waals surface area contributed by atoms with Crippen LogP contribution in [0.1, 0.15) is 5.56 Å². The van der Waals surface area contributed by atoms with Crippen molar-refractivity contribution in [3.63, 3.8) is 0 Å². The second-order valence-electron chi connectivity index (χ2n) is 5.29. The highest BCUT2D eigenvalue weighted by Gasteiger charge is 2.16. The summed E-state index contributed by atoms with van der Waals surface area (Å²) in [6.45, 7) is 3.14. The second-order valence-corrected chi connectivity index (χ2v) is 7.61. The van der Waals surface area contributed by atoms with E-state index in [2.05, 4.69) is 49.9 Å². The fourth-order valence-electron chi connectivity index (χ4n) is 2.02. The van der Waals surface area contributed by atoms with Crippen LogP contribution in [0.25, 0.3) is 0 Å². The lowest BCUT2D eigenvalue weighted by Crippen LogP contribution is -2.33. The van der Waals surface area contributed by atoms with Gasteiger partial charge in [0.1, 0.15) is 18.4 Å². The summed E-state index contributed by atoms with van der Waals surface area (Å²) in [4.78, 5) is 11.4. The van der Waals surface area contributed by atoms with Crippen LogP contribution in [0.2, 0.25) is 0 Å². The third-order valence-corrected chi connectivity index (χ3v) is 4.90. The summed E-state index contributed by atoms with van der Waals surface area (Å²) in [6.07, 6.45) is 0.422. The first-order valence-corrected chi connectivity index (χ1v) is 10.2. The average molecular weight is 593 g/mol. The summed E-state index contributed by atoms with van der Waals surface area (Å²) >= 11 is 4.43. The quantitative estimate of drug-likeness (QED) is 0.213. The number of rotatable bonds is 13. The van der Waals surface area contributed by atoms with E-state index < -0.39 is 12.0 Å². The van der Waals surface area contributed by atoms with Crippen molar-refractivity contribution in [2.75, 3.05) is 53.9 Å². The summed E-state index contributed by atoms with van der Waals surface area (Å²) in [5, 5.41) is 0. The third-order valence-electron chi connectivity index (χ3n) is 3.30. The lowest BCUT2D eigenvalue weighted by molar-refractivity contribution is -0.142. The van der Waals surface area contributed by atoms with Crippen molar-refractivity contribution in [1.82, 2.24) is 0 Å². The topological polar surface area (TPSA) is 89.2 Å². The summed E-state index contributed by atoms with van der Waals surface area (Å²) in [5.74, 6) is 0.389. The Hall–Kier alpha value is -0.210. The van der Waals surface area contributed by atoms with Crippen LogP contribution in [-0.4, -0.2) is 65.9 Å². The number of hydrogen-bond donors (Lipinski definition) is 1. The molecule has 0 spiro atoms. The van der Waals surface area contributed by atoms with Crippen LogP contribution in [-0.2, 0) is 30.2 Å². The predicted octanol–water partition coefficient (Wildman–Crippen LogP) is 2.00. The Labute approximate surface area is 181 Å². The number of halogens is 2. The Balaban J connectivity index is 2.38. The molecule has 1 rings (SSSR count). The SMILES string of the molecule is COCCOCCOCCOc1c(I)cc(CC(N)C(=O)OC)cc1I. The minimum absolute atomic E-state index is 0.418. The van der Waals surface area contributed by atoms with Crippen molar-refractivity contribution in [1.29, 1.82) is 0 Å². The number of esters is 1. The van der Waals surface area contributed by atoms with Gasteiger partial charge in [0, 0.05) is 7.11 Å². The van der Waals surface area contributed by atoms with Crippen molar-refractivity contribution >= 4 is 51.2 Å². The molecular weight excluding hydrogens is 568 g/mol. The molecule has 0 aliphatic rings. The molecule has 7 nitrogen and oxygen atoms in total. The van der Waals surface area contributed by atoms with E-state index in [1.807, 2.05) is 12.1 Å². The van der Waals surface area contributed by atoms with E-state index in [1.165, 1.54) is 7.11 Å². The molecule has 1 aromatic rings. The Bertz CT molecular complexity index is 535. The standard InChI is InChI=1S/C17H25I2NO6/c1-22-3-4-24-5-6-25-7-8-26-16-13(18)9-12(10-14(16)19)11-15(20)17(21)23-2/h9-10,15H,3-8,11,20H2,1-2H3. The zero-order valence-electron chi connectivity index (χ0n) is 15.0. The van der Waals surface area contributed by atoms with Crippen LogP contribution < -0.4 is 10.5 Å². The maximum absolute atomic E-state index is 11.4. The number of methoxy groups -OCH3 is 2. The van der Waals surface area contributed by atoms with Gasteiger partial charge in [-0.3, -0.25) is 4.79 Å². The Morgan fingerprint density at radius 1 is 1.00 bits per heavy atom. The van der Waals surface area contributed by atoms with Gasteiger partial charge in [0.15, 0.2) is 0 Å². The molecule has 0 bridgehead atoms. The highest BCUT2D eigenvalue weighted by molar-refractivity contribution is 14.1. The predicted molar refractivity (Wildman–Crippen MR) is 115 cm³/mol. The Kier molecular flexibility index (Phi) is 12.7. The molecule has 1 atom stereocenters. The first kappa shape index (κ1) is 23.8.